The van der Waals surface area contributed by atoms with E-state index in [2.05, 4.69) is 9.80 Å². The lowest BCUT2D eigenvalue weighted by molar-refractivity contribution is -0.125. The van der Waals surface area contributed by atoms with Crippen LogP contribution in [0.4, 0.5) is 5.69 Å². The van der Waals surface area contributed by atoms with Crippen molar-refractivity contribution in [2.24, 2.45) is 0 Å². The third-order valence-electron chi connectivity index (χ3n) is 7.99. The number of hydrogen-bond acceptors (Lipinski definition) is 4. The Balaban J connectivity index is 1.37. The minimum absolute atomic E-state index is 0.248. The Hall–Kier alpha value is -0.850. The summed E-state index contributed by atoms with van der Waals surface area (Å²) in [4.78, 5) is 20.9. The van der Waals surface area contributed by atoms with Gasteiger partial charge in [0.05, 0.1) is 28.7 Å². The second-order valence-electron chi connectivity index (χ2n) is 9.60. The van der Waals surface area contributed by atoms with Crippen LogP contribution in [0.15, 0.2) is 12.1 Å². The highest BCUT2D eigenvalue weighted by Gasteiger charge is 2.52. The van der Waals surface area contributed by atoms with Gasteiger partial charge >= 0.3 is 0 Å². The molecule has 0 aromatic heterocycles. The van der Waals surface area contributed by atoms with Gasteiger partial charge in [-0.3, -0.25) is 9.69 Å². The van der Waals surface area contributed by atoms with Gasteiger partial charge in [0, 0.05) is 37.9 Å². The first-order chi connectivity index (χ1) is 15.1. The minimum atomic E-state index is -0.445. The van der Waals surface area contributed by atoms with E-state index in [0.717, 1.165) is 70.0 Å². The molecular weight excluding hydrogens is 433 g/mol. The van der Waals surface area contributed by atoms with Gasteiger partial charge in [-0.2, -0.15) is 0 Å². The van der Waals surface area contributed by atoms with Crippen LogP contribution in [0.5, 0.6) is 0 Å². The average molecular weight is 466 g/mol. The van der Waals surface area contributed by atoms with E-state index in [0.29, 0.717) is 22.6 Å². The van der Waals surface area contributed by atoms with E-state index < -0.39 is 5.41 Å². The Kier molecular flexibility index (Phi) is 6.51. The number of nitrogens with zero attached hydrogens (tertiary/aromatic N) is 3. The van der Waals surface area contributed by atoms with Gasteiger partial charge in [0.2, 0.25) is 5.91 Å². The quantitative estimate of drug-likeness (QED) is 0.662. The van der Waals surface area contributed by atoms with Crippen molar-refractivity contribution in [2.75, 3.05) is 57.4 Å². The van der Waals surface area contributed by atoms with Gasteiger partial charge in [-0.25, -0.2) is 0 Å². The molecule has 1 saturated carbocycles. The molecule has 2 saturated heterocycles. The fourth-order valence-corrected chi connectivity index (χ4v) is 6.44. The monoisotopic (exact) mass is 465 g/mol. The van der Waals surface area contributed by atoms with Crippen molar-refractivity contribution in [2.45, 2.75) is 56.4 Å². The van der Waals surface area contributed by atoms with E-state index in [1.54, 1.807) is 0 Å². The van der Waals surface area contributed by atoms with E-state index in [1.165, 1.54) is 32.1 Å². The minimum Gasteiger partial charge on any atom is -0.379 e. The van der Waals surface area contributed by atoms with Gasteiger partial charge in [0.25, 0.3) is 0 Å². The van der Waals surface area contributed by atoms with Crippen LogP contribution in [0.1, 0.15) is 50.5 Å². The highest BCUT2D eigenvalue weighted by molar-refractivity contribution is 6.42. The van der Waals surface area contributed by atoms with Gasteiger partial charge in [-0.15, -0.1) is 0 Å². The molecule has 1 amide bonds. The number of fused-ring (bicyclic) bond motifs is 2. The Morgan fingerprint density at radius 2 is 1.61 bits per heavy atom. The summed E-state index contributed by atoms with van der Waals surface area (Å²) in [5.41, 5.74) is 1.62. The van der Waals surface area contributed by atoms with Crippen LogP contribution in [0.3, 0.4) is 0 Å². The molecule has 0 radical (unpaired) electrons. The molecule has 5 nitrogen and oxygen atoms in total. The van der Waals surface area contributed by atoms with Gasteiger partial charge in [0.1, 0.15) is 0 Å². The molecule has 3 fully saturated rings. The number of ether oxygens (including phenoxy) is 1. The molecule has 1 aromatic carbocycles. The van der Waals surface area contributed by atoms with Crippen molar-refractivity contribution >= 4 is 34.8 Å². The summed E-state index contributed by atoms with van der Waals surface area (Å²) in [5, 5.41) is 1.08. The maximum atomic E-state index is 13.9. The summed E-state index contributed by atoms with van der Waals surface area (Å²) < 4.78 is 5.47. The standard InChI is InChI=1S/C24H33Cl2N3O2/c25-20-16-19-22(17-21(20)26)29(11-10-27-12-14-31-15-13-27)23(30)24(19)6-8-28(9-7-24)18-4-2-1-3-5-18/h16-18H,1-15H2. The summed E-state index contributed by atoms with van der Waals surface area (Å²) in [5.74, 6) is 0.248. The predicted molar refractivity (Wildman–Crippen MR) is 125 cm³/mol. The number of benzene rings is 1. The number of likely N-dealkylation sites (tertiary alicyclic amines) is 1. The zero-order valence-electron chi connectivity index (χ0n) is 18.3. The van der Waals surface area contributed by atoms with Gasteiger partial charge < -0.3 is 14.5 Å². The number of carbonyl (C=O) groups excluding carboxylic acids is 1. The maximum absolute atomic E-state index is 13.9. The predicted octanol–water partition coefficient (Wildman–Crippen LogP) is 4.34. The molecule has 0 unspecified atom stereocenters. The van der Waals surface area contributed by atoms with Gasteiger partial charge in [-0.05, 0) is 56.5 Å². The molecule has 3 aliphatic heterocycles. The first-order valence-electron chi connectivity index (χ1n) is 11.9. The second kappa shape index (κ2) is 9.18. The van der Waals surface area contributed by atoms with Crippen LogP contribution in [-0.4, -0.2) is 74.2 Å². The average Bonchev–Trinajstić information content (AvgIpc) is 3.01. The molecule has 1 aromatic rings. The Labute approximate surface area is 195 Å². The number of halogens is 2. The van der Waals surface area contributed by atoms with E-state index >= 15 is 0 Å². The summed E-state index contributed by atoms with van der Waals surface area (Å²) in [6.07, 6.45) is 8.44. The van der Waals surface area contributed by atoms with Crippen LogP contribution in [-0.2, 0) is 14.9 Å². The number of anilines is 1. The first kappa shape index (κ1) is 22.0. The largest absolute Gasteiger partial charge is 0.379 e. The lowest BCUT2D eigenvalue weighted by atomic mass is 9.73. The van der Waals surface area contributed by atoms with E-state index in [-0.39, 0.29) is 5.91 Å². The third-order valence-corrected chi connectivity index (χ3v) is 8.71. The van der Waals surface area contributed by atoms with Crippen LogP contribution in [0.25, 0.3) is 0 Å². The number of amides is 1. The molecule has 5 rings (SSSR count). The normalized spacial score (nSPS) is 25.4. The summed E-state index contributed by atoms with van der Waals surface area (Å²) >= 11 is 12.8. The maximum Gasteiger partial charge on any atom is 0.237 e. The molecular formula is C24H33Cl2N3O2. The molecule has 31 heavy (non-hydrogen) atoms. The smallest absolute Gasteiger partial charge is 0.237 e. The summed E-state index contributed by atoms with van der Waals surface area (Å²) in [6, 6.07) is 4.59. The highest BCUT2D eigenvalue weighted by atomic mass is 35.5. The lowest BCUT2D eigenvalue weighted by Crippen LogP contribution is -2.52. The van der Waals surface area contributed by atoms with E-state index in [4.69, 9.17) is 27.9 Å². The third kappa shape index (κ3) is 4.13. The Morgan fingerprint density at radius 3 is 2.32 bits per heavy atom. The van der Waals surface area contributed by atoms with Gasteiger partial charge in [0.15, 0.2) is 0 Å². The van der Waals surface area contributed by atoms with Crippen molar-refractivity contribution in [3.63, 3.8) is 0 Å². The van der Waals surface area contributed by atoms with Crippen LogP contribution >= 0.6 is 23.2 Å². The number of rotatable bonds is 4. The molecule has 0 bridgehead atoms. The molecule has 3 heterocycles. The highest BCUT2D eigenvalue weighted by Crippen LogP contribution is 2.50. The van der Waals surface area contributed by atoms with Crippen LogP contribution < -0.4 is 4.90 Å². The molecule has 0 N–H and O–H groups in total. The van der Waals surface area contributed by atoms with Crippen molar-refractivity contribution < 1.29 is 9.53 Å². The van der Waals surface area contributed by atoms with Gasteiger partial charge in [-0.1, -0.05) is 42.5 Å². The fraction of sp³-hybridized carbons (Fsp3) is 0.708. The molecule has 7 heteroatoms. The SMILES string of the molecule is O=C1N(CCN2CCOCC2)c2cc(Cl)c(Cl)cc2C12CCN(C1CCCCC1)CC2. The second-order valence-corrected chi connectivity index (χ2v) is 10.4. The zero-order chi connectivity index (χ0) is 21.4. The number of hydrogen-bond donors (Lipinski definition) is 0. The Morgan fingerprint density at radius 1 is 0.935 bits per heavy atom. The van der Waals surface area contributed by atoms with Crippen LogP contribution in [0.2, 0.25) is 10.0 Å². The fourth-order valence-electron chi connectivity index (χ4n) is 6.11. The molecule has 170 valence electrons. The molecule has 0 atom stereocenters. The van der Waals surface area contributed by atoms with Crippen LogP contribution in [0, 0.1) is 0 Å². The van der Waals surface area contributed by atoms with Crippen molar-refractivity contribution in [1.29, 1.82) is 0 Å². The van der Waals surface area contributed by atoms with Crippen molar-refractivity contribution in [1.82, 2.24) is 9.80 Å². The number of carbonyl (C=O) groups is 1. The first-order valence-corrected chi connectivity index (χ1v) is 12.7. The van der Waals surface area contributed by atoms with E-state index in [1.807, 2.05) is 17.0 Å². The molecule has 1 aliphatic carbocycles. The summed E-state index contributed by atoms with van der Waals surface area (Å²) in [7, 11) is 0. The van der Waals surface area contributed by atoms with E-state index in [9.17, 15) is 4.79 Å². The van der Waals surface area contributed by atoms with Crippen molar-refractivity contribution in [3.05, 3.63) is 27.7 Å². The number of piperidine rings is 1. The lowest BCUT2D eigenvalue weighted by Gasteiger charge is -2.43. The Bertz CT molecular complexity index is 813. The summed E-state index contributed by atoms with van der Waals surface area (Å²) in [6.45, 7) is 6.94. The molecule has 4 aliphatic rings. The zero-order valence-corrected chi connectivity index (χ0v) is 19.8. The van der Waals surface area contributed by atoms with Crippen molar-refractivity contribution in [3.8, 4) is 0 Å². The molecule has 1 spiro atoms. The topological polar surface area (TPSA) is 36.0 Å². The number of morpholine rings is 1.